The van der Waals surface area contributed by atoms with Gasteiger partial charge in [0.25, 0.3) is 5.91 Å². The van der Waals surface area contributed by atoms with Crippen LogP contribution in [0.5, 0.6) is 0 Å². The van der Waals surface area contributed by atoms with Crippen LogP contribution in [0.25, 0.3) is 5.70 Å². The number of carbonyl (C=O) groups is 1. The van der Waals surface area contributed by atoms with Crippen LogP contribution in [0.4, 0.5) is 18.9 Å². The molecule has 2 N–H and O–H groups in total. The maximum Gasteiger partial charge on any atom is 0.416 e. The van der Waals surface area contributed by atoms with Crippen molar-refractivity contribution in [2.24, 2.45) is 10.1 Å². The second-order valence-corrected chi connectivity index (χ2v) is 9.77. The zero-order valence-corrected chi connectivity index (χ0v) is 21.1. The molecule has 4 rings (SSSR count). The van der Waals surface area contributed by atoms with E-state index in [1.54, 1.807) is 43.5 Å². The Morgan fingerprint density at radius 2 is 2.00 bits per heavy atom. The van der Waals surface area contributed by atoms with Crippen LogP contribution >= 0.6 is 22.9 Å². The summed E-state index contributed by atoms with van der Waals surface area (Å²) in [4.78, 5) is 22.1. The highest BCUT2D eigenvalue weighted by Gasteiger charge is 2.30. The zero-order valence-electron chi connectivity index (χ0n) is 19.6. The lowest BCUT2D eigenvalue weighted by Gasteiger charge is -2.14. The third-order valence-corrected chi connectivity index (χ3v) is 6.64. The number of nitrogens with one attached hydrogen (secondary N) is 2. The second-order valence-electron chi connectivity index (χ2n) is 8.05. The summed E-state index contributed by atoms with van der Waals surface area (Å²) in [6.45, 7) is 0.297. The van der Waals surface area contributed by atoms with Crippen molar-refractivity contribution < 1.29 is 22.8 Å². The molecule has 2 aromatic carbocycles. The highest BCUT2D eigenvalue weighted by Crippen LogP contribution is 2.31. The standard InChI is InChI=1S/C26H22ClF3N4O2S/c1-31-12-11-21(17-3-2-4-18(13-17)26(28,29)30)33-19-7-5-16(6-8-19)22-14-20(36-34-22)15-32-25(35)23-9-10-24(27)37-23/h2-13,20,33H,14-15H2,1H3,(H,32,35)/b21-11+,31-12?. The van der Waals surface area contributed by atoms with Gasteiger partial charge in [-0.15, -0.1) is 11.3 Å². The van der Waals surface area contributed by atoms with Gasteiger partial charge in [0.15, 0.2) is 0 Å². The van der Waals surface area contributed by atoms with Crippen LogP contribution in [0.1, 0.15) is 32.8 Å². The van der Waals surface area contributed by atoms with Crippen LogP contribution < -0.4 is 10.6 Å². The monoisotopic (exact) mass is 546 g/mol. The highest BCUT2D eigenvalue weighted by atomic mass is 35.5. The van der Waals surface area contributed by atoms with Gasteiger partial charge in [-0.05, 0) is 53.6 Å². The Labute approximate surface area is 220 Å². The molecule has 37 heavy (non-hydrogen) atoms. The number of thiophene rings is 1. The number of rotatable bonds is 8. The SMILES string of the molecule is CN=C/C=C(/Nc1ccc(C2=NOC(CNC(=O)c3ccc(Cl)s3)C2)cc1)c1cccc(C(F)(F)F)c1. The van der Waals surface area contributed by atoms with Gasteiger partial charge < -0.3 is 15.5 Å². The van der Waals surface area contributed by atoms with E-state index in [0.717, 1.165) is 23.4 Å². The quantitative estimate of drug-likeness (QED) is 0.317. The molecule has 6 nitrogen and oxygen atoms in total. The van der Waals surface area contributed by atoms with Gasteiger partial charge in [0.2, 0.25) is 0 Å². The Morgan fingerprint density at radius 1 is 1.22 bits per heavy atom. The summed E-state index contributed by atoms with van der Waals surface area (Å²) < 4.78 is 40.1. The molecular formula is C26H22ClF3N4O2S. The van der Waals surface area contributed by atoms with Gasteiger partial charge in [0.05, 0.1) is 27.0 Å². The number of carbonyl (C=O) groups excluding carboxylic acids is 1. The third kappa shape index (κ3) is 6.99. The smallest absolute Gasteiger partial charge is 0.390 e. The fourth-order valence-corrected chi connectivity index (χ4v) is 4.52. The van der Waals surface area contributed by atoms with E-state index >= 15 is 0 Å². The Kier molecular flexibility index (Phi) is 8.30. The van der Waals surface area contributed by atoms with E-state index in [9.17, 15) is 18.0 Å². The minimum absolute atomic E-state index is 0.220. The molecule has 0 aliphatic carbocycles. The number of amides is 1. The third-order valence-electron chi connectivity index (χ3n) is 5.41. The van der Waals surface area contributed by atoms with Crippen molar-refractivity contribution in [1.82, 2.24) is 5.32 Å². The Morgan fingerprint density at radius 3 is 2.68 bits per heavy atom. The van der Waals surface area contributed by atoms with E-state index in [2.05, 4.69) is 20.8 Å². The number of hydrogen-bond donors (Lipinski definition) is 2. The maximum atomic E-state index is 13.2. The number of benzene rings is 2. The minimum Gasteiger partial charge on any atom is -0.390 e. The van der Waals surface area contributed by atoms with Crippen LogP contribution in [0.2, 0.25) is 4.34 Å². The number of oxime groups is 1. The van der Waals surface area contributed by atoms with Crippen LogP contribution in [0, 0.1) is 0 Å². The number of anilines is 1. The fourth-order valence-electron chi connectivity index (χ4n) is 3.56. The number of halogens is 4. The Hall–Kier alpha value is -3.63. The molecule has 1 aromatic heterocycles. The van der Waals surface area contributed by atoms with Gasteiger partial charge >= 0.3 is 6.18 Å². The molecule has 1 aliphatic heterocycles. The van der Waals surface area contributed by atoms with Crippen molar-refractivity contribution in [2.75, 3.05) is 18.9 Å². The van der Waals surface area contributed by atoms with Crippen LogP contribution in [-0.2, 0) is 11.0 Å². The molecule has 1 aliphatic rings. The zero-order chi connectivity index (χ0) is 26.4. The minimum atomic E-state index is -4.44. The van der Waals surface area contributed by atoms with Gasteiger partial charge in [-0.1, -0.05) is 41.0 Å². The van der Waals surface area contributed by atoms with Gasteiger partial charge in [-0.3, -0.25) is 9.79 Å². The predicted octanol–water partition coefficient (Wildman–Crippen LogP) is 6.50. The predicted molar refractivity (Wildman–Crippen MR) is 142 cm³/mol. The normalized spacial score (nSPS) is 16.0. The summed E-state index contributed by atoms with van der Waals surface area (Å²) in [5.74, 6) is -0.220. The highest BCUT2D eigenvalue weighted by molar-refractivity contribution is 7.18. The topological polar surface area (TPSA) is 75.1 Å². The second kappa shape index (κ2) is 11.6. The number of allylic oxidation sites excluding steroid dienone is 1. The van der Waals surface area contributed by atoms with E-state index in [-0.39, 0.29) is 12.0 Å². The van der Waals surface area contributed by atoms with Crippen molar-refractivity contribution in [3.8, 4) is 0 Å². The molecule has 1 unspecified atom stereocenters. The summed E-state index contributed by atoms with van der Waals surface area (Å²) in [6, 6.07) is 15.7. The first-order valence-electron chi connectivity index (χ1n) is 11.2. The molecule has 0 saturated carbocycles. The molecule has 3 aromatic rings. The molecule has 0 spiro atoms. The van der Waals surface area contributed by atoms with E-state index < -0.39 is 11.7 Å². The average molecular weight is 547 g/mol. The maximum absolute atomic E-state index is 13.2. The van der Waals surface area contributed by atoms with E-state index in [1.165, 1.54) is 23.6 Å². The van der Waals surface area contributed by atoms with Crippen molar-refractivity contribution in [2.45, 2.75) is 18.7 Å². The van der Waals surface area contributed by atoms with Gasteiger partial charge in [-0.2, -0.15) is 13.2 Å². The molecule has 192 valence electrons. The van der Waals surface area contributed by atoms with Gasteiger partial charge in [0, 0.05) is 31.1 Å². The number of aliphatic imine (C=N–C) groups is 1. The van der Waals surface area contributed by atoms with E-state index in [4.69, 9.17) is 16.4 Å². The largest absolute Gasteiger partial charge is 0.416 e. The fraction of sp³-hybridized carbons (Fsp3) is 0.192. The van der Waals surface area contributed by atoms with Crippen LogP contribution in [0.15, 0.2) is 76.9 Å². The molecule has 1 atom stereocenters. The van der Waals surface area contributed by atoms with Gasteiger partial charge in [0.1, 0.15) is 6.10 Å². The molecular weight excluding hydrogens is 525 g/mol. The van der Waals surface area contributed by atoms with Crippen molar-refractivity contribution >= 4 is 52.2 Å². The van der Waals surface area contributed by atoms with Crippen LogP contribution in [-0.4, -0.2) is 37.5 Å². The first-order valence-corrected chi connectivity index (χ1v) is 12.4. The summed E-state index contributed by atoms with van der Waals surface area (Å²) >= 11 is 7.08. The summed E-state index contributed by atoms with van der Waals surface area (Å²) in [7, 11) is 1.58. The Balaban J connectivity index is 1.38. The molecule has 11 heteroatoms. The van der Waals surface area contributed by atoms with Crippen molar-refractivity contribution in [1.29, 1.82) is 0 Å². The molecule has 0 radical (unpaired) electrons. The summed E-state index contributed by atoms with van der Waals surface area (Å²) in [6.07, 6.45) is -1.10. The average Bonchev–Trinajstić information content (AvgIpc) is 3.54. The summed E-state index contributed by atoms with van der Waals surface area (Å²) in [5.41, 5.74) is 2.36. The Bertz CT molecular complexity index is 1350. The van der Waals surface area contributed by atoms with Crippen molar-refractivity contribution in [3.05, 3.63) is 92.6 Å². The number of nitrogens with zero attached hydrogens (tertiary/aromatic N) is 2. The lowest BCUT2D eigenvalue weighted by molar-refractivity contribution is -0.137. The van der Waals surface area contributed by atoms with Crippen LogP contribution in [0.3, 0.4) is 0 Å². The van der Waals surface area contributed by atoms with E-state index in [0.29, 0.717) is 39.1 Å². The summed E-state index contributed by atoms with van der Waals surface area (Å²) in [5, 5.41) is 10.1. The van der Waals surface area contributed by atoms with Crippen molar-refractivity contribution in [3.63, 3.8) is 0 Å². The first-order chi connectivity index (χ1) is 17.7. The van der Waals surface area contributed by atoms with Gasteiger partial charge in [-0.25, -0.2) is 0 Å². The number of hydrogen-bond acceptors (Lipinski definition) is 6. The molecule has 2 heterocycles. The van der Waals surface area contributed by atoms with E-state index in [1.807, 2.05) is 12.1 Å². The number of alkyl halides is 3. The molecule has 0 saturated heterocycles. The molecule has 1 amide bonds. The molecule has 0 bridgehead atoms. The lowest BCUT2D eigenvalue weighted by Crippen LogP contribution is -2.31. The first kappa shape index (κ1) is 26.4. The lowest BCUT2D eigenvalue weighted by atomic mass is 10.0. The molecule has 0 fully saturated rings.